The second-order valence-corrected chi connectivity index (χ2v) is 5.52. The van der Waals surface area contributed by atoms with E-state index in [0.29, 0.717) is 10.7 Å². The van der Waals surface area contributed by atoms with E-state index in [1.807, 2.05) is 36.4 Å². The van der Waals surface area contributed by atoms with Gasteiger partial charge in [0.05, 0.1) is 10.9 Å². The summed E-state index contributed by atoms with van der Waals surface area (Å²) >= 11 is 7.09. The lowest BCUT2D eigenvalue weighted by Crippen LogP contribution is -2.18. The zero-order chi connectivity index (χ0) is 14.7. The van der Waals surface area contributed by atoms with Crippen molar-refractivity contribution in [3.05, 3.63) is 64.8 Å². The van der Waals surface area contributed by atoms with Gasteiger partial charge >= 0.3 is 0 Å². The fourth-order valence-corrected chi connectivity index (χ4v) is 2.72. The van der Waals surface area contributed by atoms with Crippen LogP contribution in [0.15, 0.2) is 53.6 Å². The molecule has 1 amide bonds. The van der Waals surface area contributed by atoms with Crippen LogP contribution in [0.25, 0.3) is 10.1 Å². The van der Waals surface area contributed by atoms with Crippen molar-refractivity contribution >= 4 is 45.3 Å². The minimum absolute atomic E-state index is 0.322. The number of benzene rings is 2. The van der Waals surface area contributed by atoms with E-state index >= 15 is 0 Å². The lowest BCUT2D eigenvalue weighted by atomic mass is 10.2. The van der Waals surface area contributed by atoms with E-state index in [0.717, 1.165) is 15.6 Å². The average Bonchev–Trinajstić information content (AvgIpc) is 2.93. The summed E-state index contributed by atoms with van der Waals surface area (Å²) in [5.41, 5.74) is 3.72. The molecule has 0 aliphatic rings. The van der Waals surface area contributed by atoms with Gasteiger partial charge in [-0.05, 0) is 35.3 Å². The normalized spacial score (nSPS) is 11.1. The maximum absolute atomic E-state index is 12.1. The monoisotopic (exact) mass is 315 g/mol. The zero-order valence-corrected chi connectivity index (χ0v) is 12.4. The Hall–Kier alpha value is -2.24. The molecule has 0 atom stereocenters. The summed E-state index contributed by atoms with van der Waals surface area (Å²) in [6, 6.07) is 14.8. The number of amides is 1. The highest BCUT2D eigenvalue weighted by Crippen LogP contribution is 2.21. The Labute approximate surface area is 130 Å². The maximum atomic E-state index is 12.1. The topological polar surface area (TPSA) is 54.4 Å². The Morgan fingerprint density at radius 1 is 1.19 bits per heavy atom. The Kier molecular flexibility index (Phi) is 3.94. The molecule has 0 radical (unpaired) electrons. The molecule has 3 aromatic rings. The van der Waals surface area contributed by atoms with Crippen LogP contribution in [-0.2, 0) is 0 Å². The highest BCUT2D eigenvalue weighted by Gasteiger charge is 2.12. The van der Waals surface area contributed by atoms with E-state index in [1.165, 1.54) is 11.5 Å². The summed E-state index contributed by atoms with van der Waals surface area (Å²) in [5, 5.41) is 5.42. The molecule has 0 saturated heterocycles. The molecule has 0 fully saturated rings. The third kappa shape index (κ3) is 3.09. The number of halogens is 1. The number of hydrogen-bond acceptors (Lipinski definition) is 4. The van der Waals surface area contributed by atoms with Crippen LogP contribution in [0.5, 0.6) is 0 Å². The number of rotatable bonds is 3. The molecule has 1 aromatic heterocycles. The van der Waals surface area contributed by atoms with Crippen molar-refractivity contribution in [1.82, 2.24) is 9.80 Å². The minimum Gasteiger partial charge on any atom is -0.265 e. The van der Waals surface area contributed by atoms with Crippen LogP contribution in [0.3, 0.4) is 0 Å². The number of nitrogens with zero attached hydrogens (tertiary/aromatic N) is 2. The first kappa shape index (κ1) is 13.7. The van der Waals surface area contributed by atoms with Crippen molar-refractivity contribution in [2.45, 2.75) is 0 Å². The number of hydrogen-bond donors (Lipinski definition) is 1. The molecule has 1 heterocycles. The highest BCUT2D eigenvalue weighted by atomic mass is 35.5. The van der Waals surface area contributed by atoms with E-state index in [1.54, 1.807) is 18.3 Å². The Bertz CT molecular complexity index is 811. The molecule has 0 unspecified atom stereocenters. The van der Waals surface area contributed by atoms with E-state index in [2.05, 4.69) is 14.9 Å². The summed E-state index contributed by atoms with van der Waals surface area (Å²) in [6.07, 6.45) is 1.56. The van der Waals surface area contributed by atoms with Crippen molar-refractivity contribution in [1.29, 1.82) is 0 Å². The fourth-order valence-electron chi connectivity index (χ4n) is 1.82. The molecule has 3 rings (SSSR count). The van der Waals surface area contributed by atoms with Crippen LogP contribution in [0.4, 0.5) is 0 Å². The number of nitrogens with one attached hydrogen (secondary N) is 1. The molecule has 0 spiro atoms. The van der Waals surface area contributed by atoms with E-state index in [9.17, 15) is 4.79 Å². The van der Waals surface area contributed by atoms with Gasteiger partial charge in [-0.1, -0.05) is 41.9 Å². The fraction of sp³-hybridized carbons (Fsp3) is 0. The smallest absolute Gasteiger partial charge is 0.265 e. The van der Waals surface area contributed by atoms with Crippen LogP contribution in [0, 0.1) is 0 Å². The minimum atomic E-state index is -0.322. The van der Waals surface area contributed by atoms with Gasteiger partial charge in [0.1, 0.15) is 0 Å². The molecule has 104 valence electrons. The first-order chi connectivity index (χ1) is 10.2. The van der Waals surface area contributed by atoms with E-state index in [-0.39, 0.29) is 5.91 Å². The van der Waals surface area contributed by atoms with Crippen LogP contribution in [0.1, 0.15) is 16.1 Å². The summed E-state index contributed by atoms with van der Waals surface area (Å²) in [6.45, 7) is 0. The van der Waals surface area contributed by atoms with Gasteiger partial charge in [0, 0.05) is 10.4 Å². The molecule has 0 aliphatic heterocycles. The second-order valence-electron chi connectivity index (χ2n) is 4.28. The number of fused-ring (bicyclic) bond motifs is 1. The lowest BCUT2D eigenvalue weighted by Gasteiger charge is -1.97. The molecule has 4 nitrogen and oxygen atoms in total. The molecule has 1 N–H and O–H groups in total. The molecular formula is C15H10ClN3OS. The van der Waals surface area contributed by atoms with Gasteiger partial charge in [-0.2, -0.15) is 9.47 Å². The summed E-state index contributed by atoms with van der Waals surface area (Å²) in [5.74, 6) is -0.322. The van der Waals surface area contributed by atoms with Gasteiger partial charge in [0.15, 0.2) is 5.69 Å². The molecular weight excluding hydrogens is 306 g/mol. The van der Waals surface area contributed by atoms with Gasteiger partial charge in [-0.25, -0.2) is 5.43 Å². The van der Waals surface area contributed by atoms with Crippen LogP contribution >= 0.6 is 23.1 Å². The summed E-state index contributed by atoms with van der Waals surface area (Å²) in [7, 11) is 0. The van der Waals surface area contributed by atoms with E-state index < -0.39 is 0 Å². The van der Waals surface area contributed by atoms with Gasteiger partial charge in [-0.15, -0.1) is 0 Å². The van der Waals surface area contributed by atoms with Crippen molar-refractivity contribution < 1.29 is 4.79 Å². The first-order valence-corrected chi connectivity index (χ1v) is 7.32. The van der Waals surface area contributed by atoms with Gasteiger partial charge in [0.25, 0.3) is 5.91 Å². The Morgan fingerprint density at radius 2 is 1.95 bits per heavy atom. The van der Waals surface area contributed by atoms with Crippen LogP contribution in [-0.4, -0.2) is 16.5 Å². The third-order valence-corrected chi connectivity index (χ3v) is 3.92. The SMILES string of the molecule is O=C(N/N=C/c1ccc(Cl)cc1)c1nsc2ccccc12. The summed E-state index contributed by atoms with van der Waals surface area (Å²) in [4.78, 5) is 12.1. The molecule has 0 aliphatic carbocycles. The highest BCUT2D eigenvalue weighted by molar-refractivity contribution is 7.13. The maximum Gasteiger partial charge on any atom is 0.291 e. The third-order valence-electron chi connectivity index (χ3n) is 2.84. The van der Waals surface area contributed by atoms with Crippen molar-refractivity contribution in [2.24, 2.45) is 5.10 Å². The summed E-state index contributed by atoms with van der Waals surface area (Å²) < 4.78 is 5.15. The predicted octanol–water partition coefficient (Wildman–Crippen LogP) is 3.71. The molecule has 21 heavy (non-hydrogen) atoms. The number of hydrazone groups is 1. The largest absolute Gasteiger partial charge is 0.291 e. The average molecular weight is 316 g/mol. The zero-order valence-electron chi connectivity index (χ0n) is 10.8. The second kappa shape index (κ2) is 6.03. The molecule has 0 bridgehead atoms. The Morgan fingerprint density at radius 3 is 2.76 bits per heavy atom. The van der Waals surface area contributed by atoms with E-state index in [4.69, 9.17) is 11.6 Å². The standard InChI is InChI=1S/C15H10ClN3OS/c16-11-7-5-10(6-8-11)9-17-18-15(20)14-12-3-1-2-4-13(12)21-19-14/h1-9H,(H,18,20)/b17-9+. The number of aromatic nitrogens is 1. The lowest BCUT2D eigenvalue weighted by molar-refractivity contribution is 0.0953. The van der Waals surface area contributed by atoms with Crippen LogP contribution in [0.2, 0.25) is 5.02 Å². The number of carbonyl (C=O) groups is 1. The van der Waals surface area contributed by atoms with Crippen molar-refractivity contribution in [3.63, 3.8) is 0 Å². The quantitative estimate of drug-likeness (QED) is 0.591. The molecule has 6 heteroatoms. The van der Waals surface area contributed by atoms with Gasteiger partial charge in [0.2, 0.25) is 0 Å². The predicted molar refractivity (Wildman–Crippen MR) is 86.1 cm³/mol. The number of carbonyl (C=O) groups excluding carboxylic acids is 1. The van der Waals surface area contributed by atoms with Crippen LogP contribution < -0.4 is 5.43 Å². The molecule has 2 aromatic carbocycles. The Balaban J connectivity index is 1.73. The first-order valence-electron chi connectivity index (χ1n) is 6.17. The van der Waals surface area contributed by atoms with Crippen molar-refractivity contribution in [2.75, 3.05) is 0 Å². The molecule has 0 saturated carbocycles. The van der Waals surface area contributed by atoms with Crippen molar-refractivity contribution in [3.8, 4) is 0 Å². The van der Waals surface area contributed by atoms with Gasteiger partial charge < -0.3 is 0 Å². The van der Waals surface area contributed by atoms with Gasteiger partial charge in [-0.3, -0.25) is 4.79 Å².